The first-order valence-electron chi connectivity index (χ1n) is 9.85. The third-order valence-electron chi connectivity index (χ3n) is 4.31. The van der Waals surface area contributed by atoms with Crippen molar-refractivity contribution in [3.05, 3.63) is 58.6 Å². The average Bonchev–Trinajstić information content (AvgIpc) is 2.66. The zero-order valence-electron chi connectivity index (χ0n) is 17.1. The topological polar surface area (TPSA) is 47.6 Å². The van der Waals surface area contributed by atoms with E-state index < -0.39 is 6.10 Å². The maximum absolute atomic E-state index is 12.4. The fourth-order valence-corrected chi connectivity index (χ4v) is 2.92. The van der Waals surface area contributed by atoms with Gasteiger partial charge in [0, 0.05) is 11.6 Å². The summed E-state index contributed by atoms with van der Waals surface area (Å²) in [6.07, 6.45) is 2.04. The number of carbonyl (C=O) groups excluding carboxylic acids is 1. The molecule has 0 aromatic heterocycles. The van der Waals surface area contributed by atoms with Crippen LogP contribution in [0, 0.1) is 6.92 Å². The number of hydrogen-bond donors (Lipinski definition) is 1. The van der Waals surface area contributed by atoms with Gasteiger partial charge in [0.15, 0.2) is 6.10 Å². The normalized spacial score (nSPS) is 11.9. The van der Waals surface area contributed by atoms with Gasteiger partial charge in [0.2, 0.25) is 0 Å². The highest BCUT2D eigenvalue weighted by Gasteiger charge is 2.18. The summed E-state index contributed by atoms with van der Waals surface area (Å²) in [5.41, 5.74) is 2.16. The van der Waals surface area contributed by atoms with E-state index in [2.05, 4.69) is 17.4 Å². The number of hydrogen-bond acceptors (Lipinski definition) is 3. The van der Waals surface area contributed by atoms with Gasteiger partial charge < -0.3 is 14.8 Å². The molecule has 4 nitrogen and oxygen atoms in total. The standard InChI is InChI=1S/C23H30ClNO3/c1-5-22(28-20-12-13-21(24)17(4)15-20)23(26)25-14-6-7-18-8-10-19(11-9-18)27-16(2)3/h8-13,15-16,22H,5-7,14H2,1-4H3,(H,25,26). The Balaban J connectivity index is 1.76. The zero-order chi connectivity index (χ0) is 20.5. The lowest BCUT2D eigenvalue weighted by molar-refractivity contribution is -0.128. The highest BCUT2D eigenvalue weighted by molar-refractivity contribution is 6.31. The van der Waals surface area contributed by atoms with Gasteiger partial charge in [-0.05, 0) is 81.5 Å². The number of nitrogens with one attached hydrogen (secondary N) is 1. The summed E-state index contributed by atoms with van der Waals surface area (Å²) in [5, 5.41) is 3.66. The second-order valence-electron chi connectivity index (χ2n) is 7.13. The summed E-state index contributed by atoms with van der Waals surface area (Å²) in [4.78, 5) is 12.4. The molecule has 0 fully saturated rings. The van der Waals surface area contributed by atoms with Gasteiger partial charge in [0.1, 0.15) is 11.5 Å². The van der Waals surface area contributed by atoms with Crippen molar-refractivity contribution in [3.63, 3.8) is 0 Å². The second-order valence-corrected chi connectivity index (χ2v) is 7.54. The number of carbonyl (C=O) groups is 1. The number of amides is 1. The molecule has 152 valence electrons. The van der Waals surface area contributed by atoms with Crippen LogP contribution in [0.1, 0.15) is 44.7 Å². The number of benzene rings is 2. The van der Waals surface area contributed by atoms with Crippen LogP contribution in [0.15, 0.2) is 42.5 Å². The molecule has 0 aliphatic rings. The molecule has 1 unspecified atom stereocenters. The fourth-order valence-electron chi connectivity index (χ4n) is 2.80. The van der Waals surface area contributed by atoms with Crippen molar-refractivity contribution in [2.24, 2.45) is 0 Å². The zero-order valence-corrected chi connectivity index (χ0v) is 17.9. The van der Waals surface area contributed by atoms with Crippen LogP contribution in [-0.4, -0.2) is 24.7 Å². The van der Waals surface area contributed by atoms with Crippen molar-refractivity contribution in [3.8, 4) is 11.5 Å². The first-order valence-corrected chi connectivity index (χ1v) is 10.2. The lowest BCUT2D eigenvalue weighted by Crippen LogP contribution is -2.38. The van der Waals surface area contributed by atoms with E-state index in [-0.39, 0.29) is 12.0 Å². The van der Waals surface area contributed by atoms with Crippen LogP contribution >= 0.6 is 11.6 Å². The molecule has 1 amide bonds. The van der Waals surface area contributed by atoms with Crippen molar-refractivity contribution in [1.82, 2.24) is 5.32 Å². The predicted molar refractivity (Wildman–Crippen MR) is 114 cm³/mol. The maximum atomic E-state index is 12.4. The third-order valence-corrected chi connectivity index (χ3v) is 4.73. The van der Waals surface area contributed by atoms with Crippen molar-refractivity contribution in [2.45, 2.75) is 59.2 Å². The van der Waals surface area contributed by atoms with Crippen LogP contribution in [0.5, 0.6) is 11.5 Å². The van der Waals surface area contributed by atoms with Gasteiger partial charge in [-0.3, -0.25) is 4.79 Å². The van der Waals surface area contributed by atoms with E-state index in [0.29, 0.717) is 23.7 Å². The molecule has 0 spiro atoms. The van der Waals surface area contributed by atoms with Gasteiger partial charge in [-0.25, -0.2) is 0 Å². The monoisotopic (exact) mass is 403 g/mol. The van der Waals surface area contributed by atoms with Gasteiger partial charge in [-0.15, -0.1) is 0 Å². The Hall–Kier alpha value is -2.20. The van der Waals surface area contributed by atoms with E-state index in [0.717, 1.165) is 24.2 Å². The van der Waals surface area contributed by atoms with E-state index in [1.165, 1.54) is 5.56 Å². The molecule has 2 rings (SSSR count). The molecule has 1 N–H and O–H groups in total. The number of rotatable bonds is 10. The Kier molecular flexibility index (Phi) is 8.65. The van der Waals surface area contributed by atoms with Crippen LogP contribution in [-0.2, 0) is 11.2 Å². The Morgan fingerprint density at radius 2 is 1.75 bits per heavy atom. The average molecular weight is 404 g/mol. The van der Waals surface area contributed by atoms with Gasteiger partial charge in [0.25, 0.3) is 5.91 Å². The Morgan fingerprint density at radius 1 is 1.07 bits per heavy atom. The van der Waals surface area contributed by atoms with Crippen LogP contribution in [0.2, 0.25) is 5.02 Å². The number of halogens is 1. The first kappa shape index (κ1) is 22.1. The largest absolute Gasteiger partial charge is 0.491 e. The molecule has 2 aromatic rings. The van der Waals surface area contributed by atoms with Gasteiger partial charge in [0.05, 0.1) is 6.10 Å². The number of aryl methyl sites for hydroxylation is 2. The Morgan fingerprint density at radius 3 is 2.36 bits per heavy atom. The molecule has 0 saturated heterocycles. The molecule has 0 aliphatic carbocycles. The Bertz CT molecular complexity index is 759. The highest BCUT2D eigenvalue weighted by Crippen LogP contribution is 2.22. The molecule has 0 heterocycles. The van der Waals surface area contributed by atoms with Crippen LogP contribution in [0.3, 0.4) is 0 Å². The predicted octanol–water partition coefficient (Wildman–Crippen LogP) is 5.34. The molecule has 0 radical (unpaired) electrons. The molecule has 0 saturated carbocycles. The van der Waals surface area contributed by atoms with Crippen molar-refractivity contribution < 1.29 is 14.3 Å². The molecule has 2 aromatic carbocycles. The minimum atomic E-state index is -0.506. The van der Waals surface area contributed by atoms with E-state index in [4.69, 9.17) is 21.1 Å². The van der Waals surface area contributed by atoms with Crippen LogP contribution in [0.25, 0.3) is 0 Å². The molecule has 0 aliphatic heterocycles. The lowest BCUT2D eigenvalue weighted by Gasteiger charge is -2.18. The highest BCUT2D eigenvalue weighted by atomic mass is 35.5. The third kappa shape index (κ3) is 7.08. The molecular formula is C23H30ClNO3. The summed E-state index contributed by atoms with van der Waals surface area (Å²) in [5.74, 6) is 1.45. The van der Waals surface area contributed by atoms with Crippen LogP contribution in [0.4, 0.5) is 0 Å². The molecule has 28 heavy (non-hydrogen) atoms. The number of ether oxygens (including phenoxy) is 2. The molecular weight excluding hydrogens is 374 g/mol. The first-order chi connectivity index (χ1) is 13.4. The van der Waals surface area contributed by atoms with E-state index in [1.807, 2.05) is 45.9 Å². The fraction of sp³-hybridized carbons (Fsp3) is 0.435. The van der Waals surface area contributed by atoms with Crippen molar-refractivity contribution in [1.29, 1.82) is 0 Å². The van der Waals surface area contributed by atoms with E-state index >= 15 is 0 Å². The summed E-state index contributed by atoms with van der Waals surface area (Å²) in [6.45, 7) is 8.49. The SMILES string of the molecule is CCC(Oc1ccc(Cl)c(C)c1)C(=O)NCCCc1ccc(OC(C)C)cc1. The van der Waals surface area contributed by atoms with Gasteiger partial charge in [-0.2, -0.15) is 0 Å². The summed E-state index contributed by atoms with van der Waals surface area (Å²) in [6, 6.07) is 13.5. The second kappa shape index (κ2) is 11.0. The van der Waals surface area contributed by atoms with Crippen molar-refractivity contribution in [2.75, 3.05) is 6.54 Å². The molecule has 1 atom stereocenters. The van der Waals surface area contributed by atoms with Gasteiger partial charge in [-0.1, -0.05) is 30.7 Å². The summed E-state index contributed by atoms with van der Waals surface area (Å²) in [7, 11) is 0. The van der Waals surface area contributed by atoms with Crippen LogP contribution < -0.4 is 14.8 Å². The minimum Gasteiger partial charge on any atom is -0.491 e. The Labute approximate surface area is 173 Å². The molecule has 0 bridgehead atoms. The summed E-state index contributed by atoms with van der Waals surface area (Å²) < 4.78 is 11.5. The minimum absolute atomic E-state index is 0.0872. The van der Waals surface area contributed by atoms with E-state index in [1.54, 1.807) is 12.1 Å². The maximum Gasteiger partial charge on any atom is 0.261 e. The molecule has 5 heteroatoms. The lowest BCUT2D eigenvalue weighted by atomic mass is 10.1. The van der Waals surface area contributed by atoms with Crippen molar-refractivity contribution >= 4 is 17.5 Å². The van der Waals surface area contributed by atoms with E-state index in [9.17, 15) is 4.79 Å². The summed E-state index contributed by atoms with van der Waals surface area (Å²) >= 11 is 6.04. The smallest absolute Gasteiger partial charge is 0.261 e. The quantitative estimate of drug-likeness (QED) is 0.544. The van der Waals surface area contributed by atoms with Gasteiger partial charge >= 0.3 is 0 Å².